The van der Waals surface area contributed by atoms with Gasteiger partial charge in [0.2, 0.25) is 0 Å². The molecule has 0 amide bonds. The van der Waals surface area contributed by atoms with Gasteiger partial charge < -0.3 is 19.7 Å². The number of ether oxygens (including phenoxy) is 2. The third-order valence-corrected chi connectivity index (χ3v) is 6.75. The third-order valence-electron chi connectivity index (χ3n) is 5.60. The van der Waals surface area contributed by atoms with Crippen LogP contribution in [0.1, 0.15) is 37.6 Å². The van der Waals surface area contributed by atoms with E-state index in [4.69, 9.17) is 26.2 Å². The minimum absolute atomic E-state index is 0.119. The molecular weight excluding hydrogens is 522 g/mol. The number of nitrogens with zero attached hydrogens (tertiary/aromatic N) is 3. The van der Waals surface area contributed by atoms with Gasteiger partial charge >= 0.3 is 0 Å². The maximum Gasteiger partial charge on any atom is 0.133 e. The second-order valence-electron chi connectivity index (χ2n) is 8.92. The highest BCUT2D eigenvalue weighted by Gasteiger charge is 2.24. The minimum atomic E-state index is -0.755. The normalized spacial score (nSPS) is 13.5. The predicted octanol–water partition coefficient (Wildman–Crippen LogP) is 4.55. The molecule has 34 heavy (non-hydrogen) atoms. The molecule has 0 radical (unpaired) electrons. The van der Waals surface area contributed by atoms with Gasteiger partial charge in [-0.1, -0.05) is 44.2 Å². The van der Waals surface area contributed by atoms with E-state index in [0.29, 0.717) is 23.9 Å². The van der Waals surface area contributed by atoms with E-state index in [1.165, 1.54) is 4.68 Å². The average molecular weight is 553 g/mol. The van der Waals surface area contributed by atoms with Crippen LogP contribution >= 0.6 is 27.5 Å². The standard InChI is InChI=1S/C25H31BrClN3O4/c1-17(11-27)15-34-24-9-6-19(10-23(24)26)25(2,3)18-4-7-22(8-5-18)33-16-21(32)13-30-12-20(14-31)28-29-30/h4-10,12,17,21,31-32H,11,13-16H2,1-3H3. The van der Waals surface area contributed by atoms with Gasteiger partial charge in [-0.2, -0.15) is 0 Å². The van der Waals surface area contributed by atoms with Gasteiger partial charge in [-0.15, -0.1) is 16.7 Å². The first-order valence-electron chi connectivity index (χ1n) is 11.1. The van der Waals surface area contributed by atoms with Crippen molar-refractivity contribution >= 4 is 27.5 Å². The topological polar surface area (TPSA) is 89.6 Å². The monoisotopic (exact) mass is 551 g/mol. The van der Waals surface area contributed by atoms with Crippen molar-refractivity contribution in [3.05, 3.63) is 70.0 Å². The molecule has 2 N–H and O–H groups in total. The summed E-state index contributed by atoms with van der Waals surface area (Å²) in [5.41, 5.74) is 2.51. The Balaban J connectivity index is 1.59. The Hall–Kier alpha value is -2.13. The first-order valence-corrected chi connectivity index (χ1v) is 12.5. The lowest BCUT2D eigenvalue weighted by Crippen LogP contribution is -2.24. The summed E-state index contributed by atoms with van der Waals surface area (Å²) < 4.78 is 14.0. The first-order chi connectivity index (χ1) is 16.2. The molecule has 0 aliphatic carbocycles. The summed E-state index contributed by atoms with van der Waals surface area (Å²) in [5.74, 6) is 2.33. The van der Waals surface area contributed by atoms with E-state index in [1.54, 1.807) is 6.20 Å². The number of halogens is 2. The zero-order chi connectivity index (χ0) is 24.7. The highest BCUT2D eigenvalue weighted by atomic mass is 79.9. The molecule has 0 bridgehead atoms. The highest BCUT2D eigenvalue weighted by Crippen LogP contribution is 2.36. The molecule has 9 heteroatoms. The second kappa shape index (κ2) is 12.0. The summed E-state index contributed by atoms with van der Waals surface area (Å²) in [6.45, 7) is 7.14. The Kier molecular flexibility index (Phi) is 9.36. The van der Waals surface area contributed by atoms with Crippen molar-refractivity contribution in [3.63, 3.8) is 0 Å². The summed E-state index contributed by atoms with van der Waals surface area (Å²) in [6, 6.07) is 14.0. The molecule has 0 aliphatic rings. The van der Waals surface area contributed by atoms with Crippen molar-refractivity contribution in [3.8, 4) is 11.5 Å². The van der Waals surface area contributed by atoms with Crippen LogP contribution in [0.3, 0.4) is 0 Å². The number of aromatic nitrogens is 3. The fourth-order valence-electron chi connectivity index (χ4n) is 3.38. The Morgan fingerprint density at radius 2 is 1.79 bits per heavy atom. The number of aliphatic hydroxyl groups is 2. The Morgan fingerprint density at radius 3 is 2.41 bits per heavy atom. The molecule has 0 saturated heterocycles. The third kappa shape index (κ3) is 6.95. The maximum absolute atomic E-state index is 10.2. The van der Waals surface area contributed by atoms with Gasteiger partial charge in [0.15, 0.2) is 0 Å². The van der Waals surface area contributed by atoms with Crippen LogP contribution in [0.15, 0.2) is 53.1 Å². The number of hydrogen-bond acceptors (Lipinski definition) is 6. The number of alkyl halides is 1. The Morgan fingerprint density at radius 1 is 1.09 bits per heavy atom. The van der Waals surface area contributed by atoms with Gasteiger partial charge in [-0.25, -0.2) is 4.68 Å². The van der Waals surface area contributed by atoms with Gasteiger partial charge in [0.05, 0.1) is 30.4 Å². The molecule has 2 unspecified atom stereocenters. The number of aliphatic hydroxyl groups excluding tert-OH is 2. The molecular formula is C25H31BrClN3O4. The first kappa shape index (κ1) is 26.5. The van der Waals surface area contributed by atoms with Crippen molar-refractivity contribution in [2.24, 2.45) is 5.92 Å². The Bertz CT molecular complexity index is 1060. The molecule has 0 fully saturated rings. The van der Waals surface area contributed by atoms with Crippen molar-refractivity contribution < 1.29 is 19.7 Å². The maximum atomic E-state index is 10.2. The van der Waals surface area contributed by atoms with Crippen LogP contribution in [0.4, 0.5) is 0 Å². The molecule has 2 atom stereocenters. The van der Waals surface area contributed by atoms with E-state index in [1.807, 2.05) is 30.3 Å². The van der Waals surface area contributed by atoms with Crippen LogP contribution in [-0.4, -0.2) is 50.4 Å². The largest absolute Gasteiger partial charge is 0.492 e. The van der Waals surface area contributed by atoms with E-state index < -0.39 is 6.10 Å². The van der Waals surface area contributed by atoms with E-state index in [2.05, 4.69) is 59.1 Å². The van der Waals surface area contributed by atoms with E-state index >= 15 is 0 Å². The molecule has 0 aliphatic heterocycles. The number of hydrogen-bond donors (Lipinski definition) is 2. The molecule has 0 saturated carbocycles. The molecule has 1 aromatic heterocycles. The van der Waals surface area contributed by atoms with Gasteiger partial charge in [0, 0.05) is 17.2 Å². The molecule has 3 rings (SSSR count). The fourth-order valence-corrected chi connectivity index (χ4v) is 3.96. The summed E-state index contributed by atoms with van der Waals surface area (Å²) in [7, 11) is 0. The highest BCUT2D eigenvalue weighted by molar-refractivity contribution is 9.10. The molecule has 3 aromatic rings. The van der Waals surface area contributed by atoms with Crippen LogP contribution in [0.5, 0.6) is 11.5 Å². The molecule has 1 heterocycles. The van der Waals surface area contributed by atoms with Crippen molar-refractivity contribution in [1.82, 2.24) is 15.0 Å². The molecule has 2 aromatic carbocycles. The van der Waals surface area contributed by atoms with Gasteiger partial charge in [-0.3, -0.25) is 0 Å². The summed E-state index contributed by atoms with van der Waals surface area (Å²) >= 11 is 9.50. The molecule has 0 spiro atoms. The Labute approximate surface area is 213 Å². The zero-order valence-electron chi connectivity index (χ0n) is 19.6. The molecule has 7 nitrogen and oxygen atoms in total. The van der Waals surface area contributed by atoms with Crippen LogP contribution in [0, 0.1) is 5.92 Å². The summed E-state index contributed by atoms with van der Waals surface area (Å²) in [6.07, 6.45) is 0.840. The number of benzene rings is 2. The number of rotatable bonds is 12. The van der Waals surface area contributed by atoms with Crippen LogP contribution < -0.4 is 9.47 Å². The van der Waals surface area contributed by atoms with E-state index in [-0.39, 0.29) is 31.1 Å². The van der Waals surface area contributed by atoms with Crippen molar-refractivity contribution in [2.75, 3.05) is 19.1 Å². The molecule has 184 valence electrons. The summed E-state index contributed by atoms with van der Waals surface area (Å²) in [5, 5.41) is 26.9. The van der Waals surface area contributed by atoms with Crippen molar-refractivity contribution in [1.29, 1.82) is 0 Å². The van der Waals surface area contributed by atoms with Gasteiger partial charge in [0.25, 0.3) is 0 Å². The van der Waals surface area contributed by atoms with Crippen LogP contribution in [0.2, 0.25) is 0 Å². The second-order valence-corrected chi connectivity index (χ2v) is 10.1. The van der Waals surface area contributed by atoms with Gasteiger partial charge in [-0.05, 0) is 51.3 Å². The van der Waals surface area contributed by atoms with E-state index in [9.17, 15) is 5.11 Å². The fraction of sp³-hybridized carbons (Fsp3) is 0.440. The predicted molar refractivity (Wildman–Crippen MR) is 136 cm³/mol. The van der Waals surface area contributed by atoms with Gasteiger partial charge in [0.1, 0.15) is 29.9 Å². The quantitative estimate of drug-likeness (QED) is 0.321. The SMILES string of the molecule is CC(CCl)COc1ccc(C(C)(C)c2ccc(OCC(O)Cn3cc(CO)nn3)cc2)cc1Br. The van der Waals surface area contributed by atoms with Crippen molar-refractivity contribution in [2.45, 2.75) is 45.4 Å². The summed E-state index contributed by atoms with van der Waals surface area (Å²) in [4.78, 5) is 0. The lowest BCUT2D eigenvalue weighted by molar-refractivity contribution is 0.0888. The minimum Gasteiger partial charge on any atom is -0.492 e. The smallest absolute Gasteiger partial charge is 0.133 e. The lowest BCUT2D eigenvalue weighted by atomic mass is 9.78. The van der Waals surface area contributed by atoms with E-state index in [0.717, 1.165) is 21.3 Å². The van der Waals surface area contributed by atoms with Crippen LogP contribution in [0.25, 0.3) is 0 Å². The average Bonchev–Trinajstić information content (AvgIpc) is 3.29. The van der Waals surface area contributed by atoms with Crippen LogP contribution in [-0.2, 0) is 18.6 Å². The zero-order valence-corrected chi connectivity index (χ0v) is 22.0. The lowest BCUT2D eigenvalue weighted by Gasteiger charge is -2.27.